The van der Waals surface area contributed by atoms with E-state index in [0.29, 0.717) is 12.1 Å². The molecule has 0 heterocycles. The molecule has 0 unspecified atom stereocenters. The van der Waals surface area contributed by atoms with Crippen LogP contribution in [0, 0.1) is 11.3 Å². The first-order valence-corrected chi connectivity index (χ1v) is 5.75. The molecule has 0 aliphatic heterocycles. The second-order valence-corrected chi connectivity index (χ2v) is 4.05. The van der Waals surface area contributed by atoms with Crippen LogP contribution in [0.4, 0.5) is 5.69 Å². The fraction of sp³-hybridized carbons (Fsp3) is 0.0667. The van der Waals surface area contributed by atoms with E-state index in [0.717, 1.165) is 11.3 Å². The van der Waals surface area contributed by atoms with Gasteiger partial charge in [0.25, 0.3) is 0 Å². The molecule has 0 atom stereocenters. The van der Waals surface area contributed by atoms with Crippen LogP contribution in [0.2, 0.25) is 0 Å². The number of nitriles is 1. The van der Waals surface area contributed by atoms with Crippen molar-refractivity contribution in [3.63, 3.8) is 0 Å². The maximum Gasteiger partial charge on any atom is 0.335 e. The number of hydrogen-bond acceptors (Lipinski definition) is 3. The molecule has 2 aromatic carbocycles. The van der Waals surface area contributed by atoms with Crippen molar-refractivity contribution in [2.75, 3.05) is 5.32 Å². The van der Waals surface area contributed by atoms with Crippen LogP contribution in [0.1, 0.15) is 21.5 Å². The van der Waals surface area contributed by atoms with Crippen LogP contribution >= 0.6 is 0 Å². The Kier molecular flexibility index (Phi) is 3.79. The van der Waals surface area contributed by atoms with Gasteiger partial charge in [0.15, 0.2) is 0 Å². The molecule has 4 heteroatoms. The van der Waals surface area contributed by atoms with Crippen LogP contribution in [0.15, 0.2) is 48.5 Å². The van der Waals surface area contributed by atoms with Crippen molar-refractivity contribution in [2.24, 2.45) is 0 Å². The van der Waals surface area contributed by atoms with Gasteiger partial charge >= 0.3 is 5.97 Å². The van der Waals surface area contributed by atoms with Gasteiger partial charge in [-0.05, 0) is 42.0 Å². The summed E-state index contributed by atoms with van der Waals surface area (Å²) in [7, 11) is 0. The SMILES string of the molecule is N#Cc1cccc(CNc2ccc(C(=O)O)cc2)c1. The number of carboxylic acid groups (broad SMARTS) is 1. The van der Waals surface area contributed by atoms with E-state index in [1.807, 2.05) is 18.2 Å². The van der Waals surface area contributed by atoms with E-state index >= 15 is 0 Å². The fourth-order valence-electron chi connectivity index (χ4n) is 1.69. The van der Waals surface area contributed by atoms with Crippen LogP contribution < -0.4 is 5.32 Å². The Morgan fingerprint density at radius 1 is 1.21 bits per heavy atom. The van der Waals surface area contributed by atoms with Gasteiger partial charge in [-0.15, -0.1) is 0 Å². The molecule has 0 aromatic heterocycles. The molecule has 2 aromatic rings. The predicted octanol–water partition coefficient (Wildman–Crippen LogP) is 2.87. The summed E-state index contributed by atoms with van der Waals surface area (Å²) in [4.78, 5) is 10.7. The zero-order chi connectivity index (χ0) is 13.7. The smallest absolute Gasteiger partial charge is 0.335 e. The zero-order valence-corrected chi connectivity index (χ0v) is 10.1. The molecule has 0 radical (unpaired) electrons. The first kappa shape index (κ1) is 12.7. The normalized spacial score (nSPS) is 9.63. The molecular formula is C15H12N2O2. The number of rotatable bonds is 4. The van der Waals surface area contributed by atoms with Crippen LogP contribution in [-0.2, 0) is 6.54 Å². The second-order valence-electron chi connectivity index (χ2n) is 4.05. The van der Waals surface area contributed by atoms with Gasteiger partial charge in [0.2, 0.25) is 0 Å². The van der Waals surface area contributed by atoms with E-state index < -0.39 is 5.97 Å². The van der Waals surface area contributed by atoms with Crippen molar-refractivity contribution in [3.05, 3.63) is 65.2 Å². The average molecular weight is 252 g/mol. The van der Waals surface area contributed by atoms with Gasteiger partial charge in [0, 0.05) is 12.2 Å². The van der Waals surface area contributed by atoms with E-state index in [4.69, 9.17) is 10.4 Å². The molecule has 94 valence electrons. The third kappa shape index (κ3) is 3.33. The Morgan fingerprint density at radius 2 is 1.95 bits per heavy atom. The van der Waals surface area contributed by atoms with Crippen LogP contribution in [0.25, 0.3) is 0 Å². The molecule has 4 nitrogen and oxygen atoms in total. The lowest BCUT2D eigenvalue weighted by Crippen LogP contribution is -2.01. The Labute approximate surface area is 110 Å². The van der Waals surface area contributed by atoms with Crippen molar-refractivity contribution in [2.45, 2.75) is 6.54 Å². The van der Waals surface area contributed by atoms with Gasteiger partial charge in [-0.25, -0.2) is 4.79 Å². The summed E-state index contributed by atoms with van der Waals surface area (Å²) < 4.78 is 0. The molecule has 0 bridgehead atoms. The quantitative estimate of drug-likeness (QED) is 0.877. The van der Waals surface area contributed by atoms with E-state index in [1.165, 1.54) is 0 Å². The molecule has 0 spiro atoms. The maximum atomic E-state index is 10.7. The lowest BCUT2D eigenvalue weighted by Gasteiger charge is -2.07. The van der Waals surface area contributed by atoms with Crippen molar-refractivity contribution in [1.82, 2.24) is 0 Å². The lowest BCUT2D eigenvalue weighted by molar-refractivity contribution is 0.0697. The van der Waals surface area contributed by atoms with E-state index in [1.54, 1.807) is 30.3 Å². The maximum absolute atomic E-state index is 10.7. The molecule has 0 saturated carbocycles. The van der Waals surface area contributed by atoms with Crippen LogP contribution in [-0.4, -0.2) is 11.1 Å². The van der Waals surface area contributed by atoms with Crippen molar-refractivity contribution in [1.29, 1.82) is 5.26 Å². The number of carboxylic acids is 1. The summed E-state index contributed by atoms with van der Waals surface area (Å²) in [5, 5.41) is 20.8. The van der Waals surface area contributed by atoms with E-state index in [2.05, 4.69) is 11.4 Å². The zero-order valence-electron chi connectivity index (χ0n) is 10.1. The van der Waals surface area contributed by atoms with Crippen molar-refractivity contribution < 1.29 is 9.90 Å². The van der Waals surface area contributed by atoms with Gasteiger partial charge < -0.3 is 10.4 Å². The summed E-state index contributed by atoms with van der Waals surface area (Å²) in [5.41, 5.74) is 2.73. The molecule has 0 saturated heterocycles. The third-order valence-electron chi connectivity index (χ3n) is 2.68. The molecule has 0 fully saturated rings. The Bertz CT molecular complexity index is 627. The largest absolute Gasteiger partial charge is 0.478 e. The number of carbonyl (C=O) groups is 1. The van der Waals surface area contributed by atoms with Crippen molar-refractivity contribution >= 4 is 11.7 Å². The highest BCUT2D eigenvalue weighted by atomic mass is 16.4. The highest BCUT2D eigenvalue weighted by Gasteiger charge is 2.01. The van der Waals surface area contributed by atoms with E-state index in [9.17, 15) is 4.79 Å². The number of nitrogens with zero attached hydrogens (tertiary/aromatic N) is 1. The van der Waals surface area contributed by atoms with Gasteiger partial charge in [-0.2, -0.15) is 5.26 Å². The summed E-state index contributed by atoms with van der Waals surface area (Å²) in [6.07, 6.45) is 0. The first-order valence-electron chi connectivity index (χ1n) is 5.75. The molecule has 2 rings (SSSR count). The molecule has 19 heavy (non-hydrogen) atoms. The monoisotopic (exact) mass is 252 g/mol. The summed E-state index contributed by atoms with van der Waals surface area (Å²) >= 11 is 0. The van der Waals surface area contributed by atoms with E-state index in [-0.39, 0.29) is 5.56 Å². The highest BCUT2D eigenvalue weighted by molar-refractivity contribution is 5.87. The minimum absolute atomic E-state index is 0.261. The Hall–Kier alpha value is -2.80. The molecule has 2 N–H and O–H groups in total. The van der Waals surface area contributed by atoms with Gasteiger partial charge in [-0.3, -0.25) is 0 Å². The summed E-state index contributed by atoms with van der Waals surface area (Å²) in [6.45, 7) is 0.585. The van der Waals surface area contributed by atoms with Crippen molar-refractivity contribution in [3.8, 4) is 6.07 Å². The highest BCUT2D eigenvalue weighted by Crippen LogP contribution is 2.12. The number of anilines is 1. The molecular weight excluding hydrogens is 240 g/mol. The Morgan fingerprint density at radius 3 is 2.58 bits per heavy atom. The molecule has 0 aliphatic rings. The summed E-state index contributed by atoms with van der Waals surface area (Å²) in [6, 6.07) is 16.0. The minimum Gasteiger partial charge on any atom is -0.478 e. The third-order valence-corrected chi connectivity index (χ3v) is 2.68. The fourth-order valence-corrected chi connectivity index (χ4v) is 1.69. The lowest BCUT2D eigenvalue weighted by atomic mass is 10.1. The number of benzene rings is 2. The topological polar surface area (TPSA) is 73.1 Å². The molecule has 0 aliphatic carbocycles. The van der Waals surface area contributed by atoms with Gasteiger partial charge in [0.05, 0.1) is 17.2 Å². The standard InChI is InChI=1S/C15H12N2O2/c16-9-11-2-1-3-12(8-11)10-17-14-6-4-13(5-7-14)15(18)19/h1-8,17H,10H2,(H,18,19). The summed E-state index contributed by atoms with van der Waals surface area (Å²) in [5.74, 6) is -0.937. The second kappa shape index (κ2) is 5.69. The number of hydrogen-bond donors (Lipinski definition) is 2. The number of nitrogens with one attached hydrogen (secondary N) is 1. The van der Waals surface area contributed by atoms with Gasteiger partial charge in [-0.1, -0.05) is 12.1 Å². The number of aromatic carboxylic acids is 1. The average Bonchev–Trinajstić information content (AvgIpc) is 2.46. The van der Waals surface area contributed by atoms with Crippen LogP contribution in [0.3, 0.4) is 0 Å². The predicted molar refractivity (Wildman–Crippen MR) is 71.9 cm³/mol. The van der Waals surface area contributed by atoms with Crippen LogP contribution in [0.5, 0.6) is 0 Å². The molecule has 0 amide bonds. The van der Waals surface area contributed by atoms with Gasteiger partial charge in [0.1, 0.15) is 0 Å². The Balaban J connectivity index is 2.02. The first-order chi connectivity index (χ1) is 9.19. The minimum atomic E-state index is -0.937.